The molecule has 2 fully saturated rings. The summed E-state index contributed by atoms with van der Waals surface area (Å²) in [4.78, 5) is 5.07. The zero-order chi connectivity index (χ0) is 14.7. The number of anilines is 1. The number of aromatic hydroxyl groups is 1. The third-order valence-electron chi connectivity index (χ3n) is 4.92. The average molecular weight is 289 g/mol. The van der Waals surface area contributed by atoms with Gasteiger partial charge in [-0.1, -0.05) is 0 Å². The number of nitrogens with two attached hydrogens (primary N) is 1. The number of hydrogen-bond acceptors (Lipinski definition) is 4. The first-order valence-corrected chi connectivity index (χ1v) is 8.23. The van der Waals surface area contributed by atoms with Gasteiger partial charge >= 0.3 is 0 Å². The number of benzene rings is 1. The Morgan fingerprint density at radius 1 is 1.05 bits per heavy atom. The van der Waals surface area contributed by atoms with Gasteiger partial charge < -0.3 is 15.7 Å². The van der Waals surface area contributed by atoms with Crippen LogP contribution >= 0.6 is 0 Å². The Kier molecular flexibility index (Phi) is 4.66. The topological polar surface area (TPSA) is 52.7 Å². The summed E-state index contributed by atoms with van der Waals surface area (Å²) in [6.07, 6.45) is 5.32. The Hall–Kier alpha value is -1.26. The molecule has 2 aliphatic rings. The maximum atomic E-state index is 9.92. The van der Waals surface area contributed by atoms with E-state index in [1.807, 2.05) is 6.07 Å². The number of phenolic OH excluding ortho intramolecular Hbond substituents is 1. The lowest BCUT2D eigenvalue weighted by Crippen LogP contribution is -2.37. The van der Waals surface area contributed by atoms with Crippen LogP contribution in [-0.2, 0) is 6.54 Å². The number of likely N-dealkylation sites (tertiary alicyclic amines) is 2. The highest BCUT2D eigenvalue weighted by molar-refractivity contribution is 5.47. The van der Waals surface area contributed by atoms with Crippen LogP contribution in [-0.4, -0.2) is 47.6 Å². The van der Waals surface area contributed by atoms with Crippen LogP contribution in [0.1, 0.15) is 31.2 Å². The van der Waals surface area contributed by atoms with E-state index in [2.05, 4.69) is 9.80 Å². The predicted molar refractivity (Wildman–Crippen MR) is 86.2 cm³/mol. The summed E-state index contributed by atoms with van der Waals surface area (Å²) >= 11 is 0. The molecule has 2 aliphatic heterocycles. The molecule has 1 aromatic rings. The maximum Gasteiger partial charge on any atom is 0.120 e. The normalized spacial score (nSPS) is 21.9. The molecule has 4 nitrogen and oxygen atoms in total. The van der Waals surface area contributed by atoms with Gasteiger partial charge in [-0.15, -0.1) is 0 Å². The van der Waals surface area contributed by atoms with Gasteiger partial charge in [-0.05, 0) is 76.0 Å². The van der Waals surface area contributed by atoms with E-state index >= 15 is 0 Å². The lowest BCUT2D eigenvalue weighted by molar-refractivity contribution is 0.148. The molecule has 0 spiro atoms. The smallest absolute Gasteiger partial charge is 0.120 e. The van der Waals surface area contributed by atoms with Gasteiger partial charge in [-0.25, -0.2) is 0 Å². The highest BCUT2D eigenvalue weighted by Crippen LogP contribution is 2.25. The van der Waals surface area contributed by atoms with Gasteiger partial charge in [0.05, 0.1) is 0 Å². The van der Waals surface area contributed by atoms with Crippen LogP contribution < -0.4 is 5.73 Å². The van der Waals surface area contributed by atoms with E-state index < -0.39 is 0 Å². The standard InChI is InChI=1S/C17H27N3O/c18-16-3-4-17(21)15(11-16)13-20-9-5-14(6-10-20)12-19-7-1-2-8-19/h3-4,11,14,21H,1-2,5-10,12-13,18H2. The third-order valence-corrected chi connectivity index (χ3v) is 4.92. The minimum atomic E-state index is 0.364. The fourth-order valence-electron chi connectivity index (χ4n) is 3.63. The molecule has 0 amide bonds. The molecule has 2 heterocycles. The minimum absolute atomic E-state index is 0.364. The highest BCUT2D eigenvalue weighted by atomic mass is 16.3. The van der Waals surface area contributed by atoms with Crippen molar-refractivity contribution < 1.29 is 5.11 Å². The fraction of sp³-hybridized carbons (Fsp3) is 0.647. The van der Waals surface area contributed by atoms with Crippen molar-refractivity contribution in [3.05, 3.63) is 23.8 Å². The average Bonchev–Trinajstić information content (AvgIpc) is 2.98. The zero-order valence-corrected chi connectivity index (χ0v) is 12.8. The van der Waals surface area contributed by atoms with Gasteiger partial charge in [0.25, 0.3) is 0 Å². The summed E-state index contributed by atoms with van der Waals surface area (Å²) in [6.45, 7) is 6.97. The first-order valence-electron chi connectivity index (χ1n) is 8.23. The van der Waals surface area contributed by atoms with Crippen LogP contribution in [0.4, 0.5) is 5.69 Å². The second-order valence-corrected chi connectivity index (χ2v) is 6.62. The highest BCUT2D eigenvalue weighted by Gasteiger charge is 2.23. The Labute approximate surface area is 127 Å². The van der Waals surface area contributed by atoms with E-state index in [-0.39, 0.29) is 0 Å². The molecular weight excluding hydrogens is 262 g/mol. The Morgan fingerprint density at radius 2 is 1.76 bits per heavy atom. The van der Waals surface area contributed by atoms with Crippen LogP contribution in [0.25, 0.3) is 0 Å². The molecule has 4 heteroatoms. The molecule has 21 heavy (non-hydrogen) atoms. The Morgan fingerprint density at radius 3 is 2.48 bits per heavy atom. The van der Waals surface area contributed by atoms with Gasteiger partial charge in [0, 0.05) is 24.3 Å². The second kappa shape index (κ2) is 6.67. The van der Waals surface area contributed by atoms with E-state index in [0.29, 0.717) is 5.75 Å². The maximum absolute atomic E-state index is 9.92. The van der Waals surface area contributed by atoms with E-state index in [1.54, 1.807) is 12.1 Å². The molecule has 116 valence electrons. The van der Waals surface area contributed by atoms with Crippen molar-refractivity contribution in [1.82, 2.24) is 9.80 Å². The molecule has 1 aromatic carbocycles. The monoisotopic (exact) mass is 289 g/mol. The summed E-state index contributed by atoms with van der Waals surface area (Å²) < 4.78 is 0. The molecule has 3 N–H and O–H groups in total. The van der Waals surface area contributed by atoms with Crippen molar-refractivity contribution in [2.24, 2.45) is 5.92 Å². The van der Waals surface area contributed by atoms with Crippen LogP contribution in [0.3, 0.4) is 0 Å². The van der Waals surface area contributed by atoms with Gasteiger partial charge in [0.15, 0.2) is 0 Å². The number of rotatable bonds is 4. The minimum Gasteiger partial charge on any atom is -0.508 e. The first kappa shape index (κ1) is 14.7. The number of phenols is 1. The van der Waals surface area contributed by atoms with Gasteiger partial charge in [0.2, 0.25) is 0 Å². The SMILES string of the molecule is Nc1ccc(O)c(CN2CCC(CN3CCCC3)CC2)c1. The lowest BCUT2D eigenvalue weighted by Gasteiger charge is -2.34. The number of nitrogens with zero attached hydrogens (tertiary/aromatic N) is 2. The number of nitrogen functional groups attached to an aromatic ring is 1. The lowest BCUT2D eigenvalue weighted by atomic mass is 9.96. The molecule has 0 unspecified atom stereocenters. The molecule has 0 saturated carbocycles. The molecule has 0 aromatic heterocycles. The Bertz CT molecular complexity index is 463. The van der Waals surface area contributed by atoms with Crippen LogP contribution in [0.5, 0.6) is 5.75 Å². The van der Waals surface area contributed by atoms with Crippen LogP contribution in [0.15, 0.2) is 18.2 Å². The fourth-order valence-corrected chi connectivity index (χ4v) is 3.63. The van der Waals surface area contributed by atoms with Gasteiger partial charge in [0.1, 0.15) is 5.75 Å². The van der Waals surface area contributed by atoms with Crippen molar-refractivity contribution in [1.29, 1.82) is 0 Å². The largest absolute Gasteiger partial charge is 0.508 e. The molecule has 0 aliphatic carbocycles. The van der Waals surface area contributed by atoms with Crippen molar-refractivity contribution >= 4 is 5.69 Å². The van der Waals surface area contributed by atoms with Gasteiger partial charge in [-0.3, -0.25) is 4.90 Å². The number of piperidine rings is 1. The Balaban J connectivity index is 1.48. The van der Waals surface area contributed by atoms with Crippen molar-refractivity contribution in [2.45, 2.75) is 32.2 Å². The van der Waals surface area contributed by atoms with E-state index in [1.165, 1.54) is 45.3 Å². The molecule has 2 saturated heterocycles. The van der Waals surface area contributed by atoms with Gasteiger partial charge in [-0.2, -0.15) is 0 Å². The zero-order valence-electron chi connectivity index (χ0n) is 12.8. The van der Waals surface area contributed by atoms with E-state index in [0.717, 1.165) is 36.8 Å². The second-order valence-electron chi connectivity index (χ2n) is 6.62. The summed E-state index contributed by atoms with van der Waals surface area (Å²) in [5, 5.41) is 9.92. The summed E-state index contributed by atoms with van der Waals surface area (Å²) in [7, 11) is 0. The molecule has 0 radical (unpaired) electrons. The van der Waals surface area contributed by atoms with Crippen LogP contribution in [0.2, 0.25) is 0 Å². The quantitative estimate of drug-likeness (QED) is 0.659. The summed E-state index contributed by atoms with van der Waals surface area (Å²) in [5.74, 6) is 1.22. The molecule has 3 rings (SSSR count). The van der Waals surface area contributed by atoms with Crippen molar-refractivity contribution in [3.63, 3.8) is 0 Å². The first-order chi connectivity index (χ1) is 10.2. The van der Waals surface area contributed by atoms with Crippen molar-refractivity contribution in [2.75, 3.05) is 38.5 Å². The molecule has 0 atom stereocenters. The summed E-state index contributed by atoms with van der Waals surface area (Å²) in [5.41, 5.74) is 7.49. The van der Waals surface area contributed by atoms with Crippen LogP contribution in [0, 0.1) is 5.92 Å². The van der Waals surface area contributed by atoms with Crippen molar-refractivity contribution in [3.8, 4) is 5.75 Å². The summed E-state index contributed by atoms with van der Waals surface area (Å²) in [6, 6.07) is 5.34. The predicted octanol–water partition coefficient (Wildman–Crippen LogP) is 2.28. The third kappa shape index (κ3) is 3.89. The molecular formula is C17H27N3O. The van der Waals surface area contributed by atoms with E-state index in [9.17, 15) is 5.11 Å². The molecule has 0 bridgehead atoms. The number of hydrogen-bond donors (Lipinski definition) is 2. The van der Waals surface area contributed by atoms with E-state index in [4.69, 9.17) is 5.73 Å².